The summed E-state index contributed by atoms with van der Waals surface area (Å²) in [7, 11) is 0. The van der Waals surface area contributed by atoms with Crippen LogP contribution in [-0.4, -0.2) is 25.2 Å². The first-order valence-corrected chi connectivity index (χ1v) is 12.1. The average Bonchev–Trinajstić information content (AvgIpc) is 2.82. The first-order valence-electron chi connectivity index (χ1n) is 12.1. The average molecular weight is 475 g/mol. The number of rotatable bonds is 15. The fourth-order valence-corrected chi connectivity index (χ4v) is 3.53. The van der Waals surface area contributed by atoms with E-state index in [9.17, 15) is 18.4 Å². The van der Waals surface area contributed by atoms with Crippen molar-refractivity contribution >= 4 is 23.4 Å². The number of hydrogen-bond acceptors (Lipinski definition) is 2. The van der Waals surface area contributed by atoms with Crippen LogP contribution in [0.2, 0.25) is 0 Å². The molecule has 0 saturated carbocycles. The Morgan fingerprint density at radius 2 is 0.853 bits per heavy atom. The third-order valence-electron chi connectivity index (χ3n) is 5.42. The summed E-state index contributed by atoms with van der Waals surface area (Å²) in [6.45, 7) is 1.15. The quantitative estimate of drug-likeness (QED) is 0.214. The molecule has 0 bridgehead atoms. The molecule has 0 saturated heterocycles. The number of nitrogens with one attached hydrogen (secondary N) is 4. The zero-order chi connectivity index (χ0) is 24.4. The lowest BCUT2D eigenvalue weighted by atomic mass is 10.1. The standard InChI is InChI=1S/C26H36F2N4O2/c27-21-15-9-11-17-23(21)31-25(33)29-19-13-7-5-3-1-2-4-6-8-14-20-30-26(34)32-24-18-12-10-16-22(24)28/h9-12,15-18H,1-8,13-14,19-20H2,(H2,29,31,33)(H2,30,32,34). The molecule has 0 radical (unpaired) electrons. The SMILES string of the molecule is O=C(NCCCCCCCCCCCCNC(=O)Nc1ccccc1F)Nc1ccccc1F. The van der Waals surface area contributed by atoms with E-state index in [1.54, 1.807) is 24.3 Å². The van der Waals surface area contributed by atoms with Crippen molar-refractivity contribution in [3.63, 3.8) is 0 Å². The summed E-state index contributed by atoms with van der Waals surface area (Å²) in [5.74, 6) is -0.892. The maximum absolute atomic E-state index is 13.5. The predicted molar refractivity (Wildman–Crippen MR) is 133 cm³/mol. The first-order chi connectivity index (χ1) is 16.6. The fraction of sp³-hybridized carbons (Fsp3) is 0.462. The van der Waals surface area contributed by atoms with Gasteiger partial charge in [-0.25, -0.2) is 18.4 Å². The molecule has 0 fully saturated rings. The largest absolute Gasteiger partial charge is 0.338 e. The van der Waals surface area contributed by atoms with Gasteiger partial charge in [0.1, 0.15) is 11.6 Å². The molecule has 0 aromatic heterocycles. The second kappa shape index (κ2) is 16.5. The Balaban J connectivity index is 1.33. The van der Waals surface area contributed by atoms with Gasteiger partial charge < -0.3 is 21.3 Å². The monoisotopic (exact) mass is 474 g/mol. The van der Waals surface area contributed by atoms with Crippen molar-refractivity contribution in [1.29, 1.82) is 0 Å². The van der Waals surface area contributed by atoms with Crippen LogP contribution in [0.5, 0.6) is 0 Å². The zero-order valence-corrected chi connectivity index (χ0v) is 19.7. The van der Waals surface area contributed by atoms with Crippen molar-refractivity contribution < 1.29 is 18.4 Å². The number of amides is 4. The number of hydrogen-bond donors (Lipinski definition) is 4. The van der Waals surface area contributed by atoms with E-state index in [0.29, 0.717) is 13.1 Å². The van der Waals surface area contributed by atoms with Crippen LogP contribution >= 0.6 is 0 Å². The molecule has 2 aromatic carbocycles. The van der Waals surface area contributed by atoms with Gasteiger partial charge in [0.05, 0.1) is 11.4 Å². The number of carbonyl (C=O) groups is 2. The van der Waals surface area contributed by atoms with Crippen LogP contribution < -0.4 is 21.3 Å². The molecule has 0 spiro atoms. The van der Waals surface area contributed by atoms with Crippen LogP contribution in [0.3, 0.4) is 0 Å². The Morgan fingerprint density at radius 1 is 0.529 bits per heavy atom. The Kier molecular flexibility index (Phi) is 13.1. The molecule has 0 unspecified atom stereocenters. The molecule has 0 atom stereocenters. The molecule has 6 nitrogen and oxygen atoms in total. The maximum Gasteiger partial charge on any atom is 0.319 e. The number of anilines is 2. The summed E-state index contributed by atoms with van der Waals surface area (Å²) in [6, 6.07) is 11.4. The lowest BCUT2D eigenvalue weighted by Crippen LogP contribution is -2.29. The molecule has 8 heteroatoms. The molecule has 4 N–H and O–H groups in total. The Morgan fingerprint density at radius 3 is 1.21 bits per heavy atom. The number of benzene rings is 2. The van der Waals surface area contributed by atoms with E-state index in [4.69, 9.17) is 0 Å². The number of carbonyl (C=O) groups excluding carboxylic acids is 2. The molecule has 0 heterocycles. The highest BCUT2D eigenvalue weighted by Gasteiger charge is 2.06. The van der Waals surface area contributed by atoms with Gasteiger partial charge in [0.25, 0.3) is 0 Å². The number of urea groups is 2. The summed E-state index contributed by atoms with van der Waals surface area (Å²) < 4.78 is 27.0. The summed E-state index contributed by atoms with van der Waals surface area (Å²) in [5.41, 5.74) is 0.364. The topological polar surface area (TPSA) is 82.3 Å². The van der Waals surface area contributed by atoms with Gasteiger partial charge in [0.2, 0.25) is 0 Å². The minimum atomic E-state index is -0.446. The van der Waals surface area contributed by atoms with Crippen molar-refractivity contribution in [1.82, 2.24) is 10.6 Å². The highest BCUT2D eigenvalue weighted by Crippen LogP contribution is 2.13. The number of unbranched alkanes of at least 4 members (excludes halogenated alkanes) is 9. The summed E-state index contributed by atoms with van der Waals surface area (Å²) in [4.78, 5) is 23.5. The van der Waals surface area contributed by atoms with Crippen LogP contribution in [0, 0.1) is 11.6 Å². The molecular formula is C26H36F2N4O2. The van der Waals surface area contributed by atoms with Crippen molar-refractivity contribution in [3.05, 3.63) is 60.2 Å². The van der Waals surface area contributed by atoms with Crippen LogP contribution in [0.25, 0.3) is 0 Å². The molecule has 2 rings (SSSR count). The minimum absolute atomic E-state index is 0.182. The van der Waals surface area contributed by atoms with Crippen LogP contribution in [0.1, 0.15) is 64.2 Å². The van der Waals surface area contributed by atoms with Gasteiger partial charge in [-0.3, -0.25) is 0 Å². The number of para-hydroxylation sites is 2. The van der Waals surface area contributed by atoms with E-state index in [-0.39, 0.29) is 23.4 Å². The lowest BCUT2D eigenvalue weighted by Gasteiger charge is -2.08. The molecule has 0 aliphatic heterocycles. The van der Waals surface area contributed by atoms with Gasteiger partial charge in [-0.15, -0.1) is 0 Å². The van der Waals surface area contributed by atoms with Gasteiger partial charge in [-0.2, -0.15) is 0 Å². The van der Waals surface area contributed by atoms with E-state index in [0.717, 1.165) is 38.5 Å². The van der Waals surface area contributed by atoms with E-state index in [1.807, 2.05) is 0 Å². The van der Waals surface area contributed by atoms with E-state index in [2.05, 4.69) is 21.3 Å². The second-order valence-corrected chi connectivity index (χ2v) is 8.26. The number of halogens is 2. The van der Waals surface area contributed by atoms with Gasteiger partial charge in [0.15, 0.2) is 0 Å². The Labute approximate surface area is 200 Å². The van der Waals surface area contributed by atoms with Crippen molar-refractivity contribution in [2.24, 2.45) is 0 Å². The normalized spacial score (nSPS) is 10.5. The van der Waals surface area contributed by atoms with Crippen LogP contribution in [-0.2, 0) is 0 Å². The molecule has 34 heavy (non-hydrogen) atoms. The van der Waals surface area contributed by atoms with Gasteiger partial charge in [-0.05, 0) is 37.1 Å². The third-order valence-corrected chi connectivity index (χ3v) is 5.42. The molecule has 0 aliphatic carbocycles. The predicted octanol–water partition coefficient (Wildman–Crippen LogP) is 6.81. The first kappa shape index (κ1) is 27.1. The molecular weight excluding hydrogens is 438 g/mol. The van der Waals surface area contributed by atoms with Gasteiger partial charge >= 0.3 is 12.1 Å². The molecule has 0 aliphatic rings. The molecule has 2 aromatic rings. The summed E-state index contributed by atoms with van der Waals surface area (Å²) >= 11 is 0. The van der Waals surface area contributed by atoms with Crippen LogP contribution in [0.4, 0.5) is 29.7 Å². The van der Waals surface area contributed by atoms with Crippen molar-refractivity contribution in [2.45, 2.75) is 64.2 Å². The van der Waals surface area contributed by atoms with Crippen molar-refractivity contribution in [2.75, 3.05) is 23.7 Å². The maximum atomic E-state index is 13.5. The van der Waals surface area contributed by atoms with E-state index >= 15 is 0 Å². The Hall–Kier alpha value is -3.16. The van der Waals surface area contributed by atoms with Gasteiger partial charge in [0, 0.05) is 13.1 Å². The van der Waals surface area contributed by atoms with E-state index < -0.39 is 11.6 Å². The molecule has 4 amide bonds. The summed E-state index contributed by atoms with van der Waals surface area (Å²) in [5, 5.41) is 10.5. The zero-order valence-electron chi connectivity index (χ0n) is 19.7. The fourth-order valence-electron chi connectivity index (χ4n) is 3.53. The Bertz CT molecular complexity index is 808. The lowest BCUT2D eigenvalue weighted by molar-refractivity contribution is 0.251. The molecule has 186 valence electrons. The highest BCUT2D eigenvalue weighted by molar-refractivity contribution is 5.89. The third kappa shape index (κ3) is 11.6. The van der Waals surface area contributed by atoms with Gasteiger partial charge in [-0.1, -0.05) is 75.6 Å². The summed E-state index contributed by atoms with van der Waals surface area (Å²) in [6.07, 6.45) is 11.0. The smallest absolute Gasteiger partial charge is 0.319 e. The minimum Gasteiger partial charge on any atom is -0.338 e. The van der Waals surface area contributed by atoms with Crippen molar-refractivity contribution in [3.8, 4) is 0 Å². The van der Waals surface area contributed by atoms with Crippen LogP contribution in [0.15, 0.2) is 48.5 Å². The highest BCUT2D eigenvalue weighted by atomic mass is 19.1. The second-order valence-electron chi connectivity index (χ2n) is 8.26. The van der Waals surface area contributed by atoms with E-state index in [1.165, 1.54) is 49.9 Å².